The Bertz CT molecular complexity index is 392. The molecular weight excluding hydrogens is 232 g/mol. The van der Waals surface area contributed by atoms with Gasteiger partial charge < -0.3 is 4.90 Å². The smallest absolute Gasteiger partial charge is 0.0234 e. The zero-order chi connectivity index (χ0) is 13.7. The van der Waals surface area contributed by atoms with E-state index in [1.54, 1.807) is 5.56 Å². The van der Waals surface area contributed by atoms with E-state index in [1.165, 1.54) is 50.1 Å². The molecule has 0 bridgehead atoms. The third kappa shape index (κ3) is 4.05. The topological polar surface area (TPSA) is 6.48 Å². The fourth-order valence-corrected chi connectivity index (χ4v) is 2.89. The molecule has 1 heterocycles. The Labute approximate surface area is 118 Å². The van der Waals surface area contributed by atoms with E-state index < -0.39 is 0 Å². The molecule has 0 aromatic heterocycles. The summed E-state index contributed by atoms with van der Waals surface area (Å²) in [5.41, 5.74) is 4.59. The lowest BCUT2D eigenvalue weighted by atomic mass is 9.98. The van der Waals surface area contributed by atoms with E-state index >= 15 is 0 Å². The lowest BCUT2D eigenvalue weighted by Crippen LogP contribution is -2.43. The number of hydrogen-bond acceptors (Lipinski definition) is 2. The van der Waals surface area contributed by atoms with E-state index in [0.29, 0.717) is 0 Å². The summed E-state index contributed by atoms with van der Waals surface area (Å²) in [5, 5.41) is 0. The van der Waals surface area contributed by atoms with Crippen LogP contribution in [0.1, 0.15) is 37.0 Å². The van der Waals surface area contributed by atoms with Gasteiger partial charge in [-0.1, -0.05) is 38.5 Å². The van der Waals surface area contributed by atoms with Crippen LogP contribution in [0.25, 0.3) is 0 Å². The molecule has 0 radical (unpaired) electrons. The molecule has 1 aromatic rings. The van der Waals surface area contributed by atoms with Gasteiger partial charge in [0, 0.05) is 32.7 Å². The van der Waals surface area contributed by atoms with Crippen LogP contribution in [0.15, 0.2) is 18.2 Å². The van der Waals surface area contributed by atoms with Crippen molar-refractivity contribution in [3.8, 4) is 0 Å². The Kier molecular flexibility index (Phi) is 5.41. The third-order valence-corrected chi connectivity index (χ3v) is 4.17. The average Bonchev–Trinajstić information content (AvgIpc) is 2.42. The first-order valence-electron chi connectivity index (χ1n) is 7.74. The van der Waals surface area contributed by atoms with Gasteiger partial charge in [-0.3, -0.25) is 4.90 Å². The van der Waals surface area contributed by atoms with Crippen LogP contribution in [0.4, 0.5) is 0 Å². The van der Waals surface area contributed by atoms with Gasteiger partial charge in [-0.15, -0.1) is 0 Å². The SMILES string of the molecule is CCCc1cc(CN2CCN(C)CC2)ccc1CC. The second-order valence-electron chi connectivity index (χ2n) is 5.79. The highest BCUT2D eigenvalue weighted by Gasteiger charge is 2.14. The largest absolute Gasteiger partial charge is 0.304 e. The molecule has 2 heteroatoms. The zero-order valence-electron chi connectivity index (χ0n) is 12.8. The molecule has 0 N–H and O–H groups in total. The summed E-state index contributed by atoms with van der Waals surface area (Å²) in [4.78, 5) is 5.00. The fraction of sp³-hybridized carbons (Fsp3) is 0.647. The first kappa shape index (κ1) is 14.5. The van der Waals surface area contributed by atoms with E-state index in [-0.39, 0.29) is 0 Å². The van der Waals surface area contributed by atoms with Crippen molar-refractivity contribution in [1.29, 1.82) is 0 Å². The lowest BCUT2D eigenvalue weighted by molar-refractivity contribution is 0.148. The summed E-state index contributed by atoms with van der Waals surface area (Å²) in [7, 11) is 2.22. The van der Waals surface area contributed by atoms with E-state index in [0.717, 1.165) is 13.0 Å². The summed E-state index contributed by atoms with van der Waals surface area (Å²) in [5.74, 6) is 0. The van der Waals surface area contributed by atoms with Crippen molar-refractivity contribution in [3.05, 3.63) is 34.9 Å². The van der Waals surface area contributed by atoms with Crippen molar-refractivity contribution in [2.75, 3.05) is 33.2 Å². The van der Waals surface area contributed by atoms with Gasteiger partial charge in [-0.05, 0) is 36.6 Å². The molecule has 0 unspecified atom stereocenters. The minimum Gasteiger partial charge on any atom is -0.304 e. The molecule has 19 heavy (non-hydrogen) atoms. The second kappa shape index (κ2) is 7.06. The Morgan fingerprint density at radius 3 is 2.37 bits per heavy atom. The molecule has 1 saturated heterocycles. The standard InChI is InChI=1S/C17H28N2/c1-4-6-17-13-15(7-8-16(17)5-2)14-19-11-9-18(3)10-12-19/h7-8,13H,4-6,9-12,14H2,1-3H3. The van der Waals surface area contributed by atoms with Gasteiger partial charge in [0.05, 0.1) is 0 Å². The van der Waals surface area contributed by atoms with Crippen LogP contribution in [0.5, 0.6) is 0 Å². The normalized spacial score (nSPS) is 17.8. The number of likely N-dealkylation sites (N-methyl/N-ethyl adjacent to an activating group) is 1. The molecule has 1 aliphatic heterocycles. The number of piperazine rings is 1. The van der Waals surface area contributed by atoms with Crippen molar-refractivity contribution in [2.45, 2.75) is 39.7 Å². The van der Waals surface area contributed by atoms with Crippen LogP contribution >= 0.6 is 0 Å². The van der Waals surface area contributed by atoms with E-state index in [1.807, 2.05) is 0 Å². The number of benzene rings is 1. The number of nitrogens with zero attached hydrogens (tertiary/aromatic N) is 2. The number of hydrogen-bond donors (Lipinski definition) is 0. The maximum atomic E-state index is 2.58. The number of aryl methyl sites for hydroxylation is 2. The van der Waals surface area contributed by atoms with Crippen LogP contribution in [-0.4, -0.2) is 43.0 Å². The summed E-state index contributed by atoms with van der Waals surface area (Å²) in [6.45, 7) is 10.5. The summed E-state index contributed by atoms with van der Waals surface area (Å²) < 4.78 is 0. The Morgan fingerprint density at radius 2 is 1.74 bits per heavy atom. The predicted octanol–water partition coefficient (Wildman–Crippen LogP) is 2.95. The van der Waals surface area contributed by atoms with E-state index in [9.17, 15) is 0 Å². The van der Waals surface area contributed by atoms with Crippen molar-refractivity contribution in [1.82, 2.24) is 9.80 Å². The number of rotatable bonds is 5. The zero-order valence-corrected chi connectivity index (χ0v) is 12.8. The molecule has 1 aliphatic rings. The molecule has 0 atom stereocenters. The van der Waals surface area contributed by atoms with Gasteiger partial charge in [-0.25, -0.2) is 0 Å². The molecule has 2 rings (SSSR count). The van der Waals surface area contributed by atoms with Crippen molar-refractivity contribution >= 4 is 0 Å². The molecule has 1 fully saturated rings. The van der Waals surface area contributed by atoms with Crippen LogP contribution in [-0.2, 0) is 19.4 Å². The van der Waals surface area contributed by atoms with Crippen LogP contribution in [0, 0.1) is 0 Å². The van der Waals surface area contributed by atoms with Crippen LogP contribution < -0.4 is 0 Å². The fourth-order valence-electron chi connectivity index (χ4n) is 2.89. The third-order valence-electron chi connectivity index (χ3n) is 4.17. The molecule has 0 amide bonds. The maximum Gasteiger partial charge on any atom is 0.0234 e. The van der Waals surface area contributed by atoms with Crippen molar-refractivity contribution < 1.29 is 0 Å². The van der Waals surface area contributed by atoms with Gasteiger partial charge in [0.2, 0.25) is 0 Å². The summed E-state index contributed by atoms with van der Waals surface area (Å²) >= 11 is 0. The van der Waals surface area contributed by atoms with Gasteiger partial charge in [0.25, 0.3) is 0 Å². The van der Waals surface area contributed by atoms with Gasteiger partial charge in [0.15, 0.2) is 0 Å². The van der Waals surface area contributed by atoms with E-state index in [2.05, 4.69) is 48.9 Å². The quantitative estimate of drug-likeness (QED) is 0.803. The maximum absolute atomic E-state index is 2.58. The molecule has 0 saturated carbocycles. The Balaban J connectivity index is 2.02. The highest BCUT2D eigenvalue weighted by Crippen LogP contribution is 2.17. The highest BCUT2D eigenvalue weighted by molar-refractivity contribution is 5.32. The van der Waals surface area contributed by atoms with Gasteiger partial charge in [-0.2, -0.15) is 0 Å². The minimum absolute atomic E-state index is 1.12. The summed E-state index contributed by atoms with van der Waals surface area (Å²) in [6.07, 6.45) is 3.62. The highest BCUT2D eigenvalue weighted by atomic mass is 15.2. The Hall–Kier alpha value is -0.860. The first-order valence-corrected chi connectivity index (χ1v) is 7.74. The molecule has 106 valence electrons. The average molecular weight is 260 g/mol. The van der Waals surface area contributed by atoms with Crippen molar-refractivity contribution in [2.24, 2.45) is 0 Å². The molecule has 0 spiro atoms. The van der Waals surface area contributed by atoms with E-state index in [4.69, 9.17) is 0 Å². The monoisotopic (exact) mass is 260 g/mol. The molecule has 0 aliphatic carbocycles. The van der Waals surface area contributed by atoms with Crippen LogP contribution in [0.3, 0.4) is 0 Å². The van der Waals surface area contributed by atoms with Crippen LogP contribution in [0.2, 0.25) is 0 Å². The van der Waals surface area contributed by atoms with Crippen molar-refractivity contribution in [3.63, 3.8) is 0 Å². The Morgan fingerprint density at radius 1 is 1.00 bits per heavy atom. The van der Waals surface area contributed by atoms with Gasteiger partial charge in [0.1, 0.15) is 0 Å². The minimum atomic E-state index is 1.12. The predicted molar refractivity (Wildman–Crippen MR) is 82.6 cm³/mol. The first-order chi connectivity index (χ1) is 9.22. The second-order valence-corrected chi connectivity index (χ2v) is 5.79. The lowest BCUT2D eigenvalue weighted by Gasteiger charge is -2.32. The summed E-state index contributed by atoms with van der Waals surface area (Å²) in [6, 6.07) is 7.12. The molecule has 1 aromatic carbocycles. The van der Waals surface area contributed by atoms with Gasteiger partial charge >= 0.3 is 0 Å². The molecular formula is C17H28N2. The molecule has 2 nitrogen and oxygen atoms in total.